The summed E-state index contributed by atoms with van der Waals surface area (Å²) in [6.07, 6.45) is 5.13. The van der Waals surface area contributed by atoms with E-state index in [0.29, 0.717) is 12.1 Å². The Hall–Kier alpha value is -1.91. The van der Waals surface area contributed by atoms with Gasteiger partial charge in [-0.05, 0) is 48.2 Å². The number of hydrogen-bond donors (Lipinski definition) is 2. The van der Waals surface area contributed by atoms with Crippen LogP contribution in [0.15, 0.2) is 36.7 Å². The van der Waals surface area contributed by atoms with Crippen molar-refractivity contribution in [2.75, 3.05) is 13.1 Å². The fourth-order valence-electron chi connectivity index (χ4n) is 2.72. The van der Waals surface area contributed by atoms with E-state index >= 15 is 0 Å². The highest BCUT2D eigenvalue weighted by atomic mass is 35.5. The average Bonchev–Trinajstić information content (AvgIpc) is 2.54. The molecule has 0 saturated heterocycles. The molecule has 0 bridgehead atoms. The molecule has 3 rings (SSSR count). The Kier molecular flexibility index (Phi) is 4.71. The molecular formula is C17H18ClN3O. The fraction of sp³-hybridized carbons (Fsp3) is 0.294. The van der Waals surface area contributed by atoms with Crippen LogP contribution in [-0.2, 0) is 19.4 Å². The largest absolute Gasteiger partial charge is 0.352 e. The van der Waals surface area contributed by atoms with Crippen molar-refractivity contribution < 1.29 is 4.79 Å². The van der Waals surface area contributed by atoms with E-state index in [0.717, 1.165) is 47.6 Å². The van der Waals surface area contributed by atoms with Crippen LogP contribution in [0.1, 0.15) is 27.0 Å². The van der Waals surface area contributed by atoms with Crippen molar-refractivity contribution in [3.8, 4) is 0 Å². The third-order valence-electron chi connectivity index (χ3n) is 3.85. The molecule has 1 aromatic heterocycles. The van der Waals surface area contributed by atoms with E-state index in [2.05, 4.69) is 15.6 Å². The summed E-state index contributed by atoms with van der Waals surface area (Å²) in [6, 6.07) is 7.70. The molecule has 0 unspecified atom stereocenters. The first-order valence-electron chi connectivity index (χ1n) is 7.43. The van der Waals surface area contributed by atoms with Crippen molar-refractivity contribution in [1.29, 1.82) is 0 Å². The smallest absolute Gasteiger partial charge is 0.253 e. The van der Waals surface area contributed by atoms with E-state index in [9.17, 15) is 4.79 Å². The molecule has 2 N–H and O–H groups in total. The summed E-state index contributed by atoms with van der Waals surface area (Å²) >= 11 is 5.96. The highest BCUT2D eigenvalue weighted by molar-refractivity contribution is 6.30. The highest BCUT2D eigenvalue weighted by Gasteiger charge is 2.17. The summed E-state index contributed by atoms with van der Waals surface area (Å²) in [5.74, 6) is -0.0479. The maximum atomic E-state index is 12.4. The monoisotopic (exact) mass is 315 g/mol. The lowest BCUT2D eigenvalue weighted by Gasteiger charge is -2.19. The van der Waals surface area contributed by atoms with Gasteiger partial charge in [0.2, 0.25) is 0 Å². The molecule has 1 aromatic carbocycles. The molecule has 0 atom stereocenters. The number of halogens is 1. The van der Waals surface area contributed by atoms with Crippen LogP contribution in [-0.4, -0.2) is 24.0 Å². The lowest BCUT2D eigenvalue weighted by atomic mass is 9.98. The van der Waals surface area contributed by atoms with Crippen LogP contribution >= 0.6 is 11.6 Å². The molecule has 0 saturated carbocycles. The summed E-state index contributed by atoms with van der Waals surface area (Å²) < 4.78 is 0. The molecule has 2 aromatic rings. The maximum Gasteiger partial charge on any atom is 0.253 e. The summed E-state index contributed by atoms with van der Waals surface area (Å²) in [7, 11) is 0. The van der Waals surface area contributed by atoms with Gasteiger partial charge in [-0.25, -0.2) is 0 Å². The molecular weight excluding hydrogens is 298 g/mol. The van der Waals surface area contributed by atoms with Gasteiger partial charge in [-0.15, -0.1) is 0 Å². The van der Waals surface area contributed by atoms with Gasteiger partial charge in [0.25, 0.3) is 5.91 Å². The lowest BCUT2D eigenvalue weighted by molar-refractivity contribution is 0.0952. The number of nitrogens with zero attached hydrogens (tertiary/aromatic N) is 1. The first kappa shape index (κ1) is 15.0. The van der Waals surface area contributed by atoms with E-state index in [1.165, 1.54) is 0 Å². The molecule has 2 heterocycles. The van der Waals surface area contributed by atoms with Crippen LogP contribution in [0.2, 0.25) is 5.02 Å². The van der Waals surface area contributed by atoms with Gasteiger partial charge in [-0.3, -0.25) is 9.78 Å². The number of carbonyl (C=O) groups excluding carboxylic acids is 1. The van der Waals surface area contributed by atoms with Crippen molar-refractivity contribution in [3.05, 3.63) is 63.9 Å². The van der Waals surface area contributed by atoms with Crippen molar-refractivity contribution in [2.45, 2.75) is 19.4 Å². The van der Waals surface area contributed by atoms with E-state index in [-0.39, 0.29) is 5.91 Å². The predicted octanol–water partition coefficient (Wildman–Crippen LogP) is 2.35. The van der Waals surface area contributed by atoms with Gasteiger partial charge >= 0.3 is 0 Å². The van der Waals surface area contributed by atoms with Crippen LogP contribution in [0.25, 0.3) is 0 Å². The van der Waals surface area contributed by atoms with E-state index in [1.54, 1.807) is 6.20 Å². The third-order valence-corrected chi connectivity index (χ3v) is 4.08. The quantitative estimate of drug-likeness (QED) is 0.910. The SMILES string of the molecule is O=C(NCCc1cccc(Cl)c1)c1cncc2c1CCNC2. The molecule has 0 radical (unpaired) electrons. The molecule has 22 heavy (non-hydrogen) atoms. The topological polar surface area (TPSA) is 54.0 Å². The Balaban J connectivity index is 1.63. The van der Waals surface area contributed by atoms with E-state index in [1.807, 2.05) is 30.5 Å². The van der Waals surface area contributed by atoms with Crippen LogP contribution in [0.5, 0.6) is 0 Å². The van der Waals surface area contributed by atoms with Crippen LogP contribution < -0.4 is 10.6 Å². The summed E-state index contributed by atoms with van der Waals surface area (Å²) in [6.45, 7) is 2.27. The molecule has 1 amide bonds. The molecule has 4 nitrogen and oxygen atoms in total. The third kappa shape index (κ3) is 3.46. The van der Waals surface area contributed by atoms with Gasteiger partial charge < -0.3 is 10.6 Å². The molecule has 1 aliphatic rings. The minimum Gasteiger partial charge on any atom is -0.352 e. The Labute approximate surface area is 134 Å². The second kappa shape index (κ2) is 6.90. The van der Waals surface area contributed by atoms with Crippen molar-refractivity contribution in [2.24, 2.45) is 0 Å². The van der Waals surface area contributed by atoms with Crippen molar-refractivity contribution in [1.82, 2.24) is 15.6 Å². The minimum absolute atomic E-state index is 0.0479. The first-order chi connectivity index (χ1) is 10.7. The second-order valence-corrected chi connectivity index (χ2v) is 5.82. The lowest BCUT2D eigenvalue weighted by Crippen LogP contribution is -2.30. The number of rotatable bonds is 4. The standard InChI is InChI=1S/C17H18ClN3O/c18-14-3-1-2-12(8-14)4-7-21-17(22)16-11-20-10-13-9-19-6-5-15(13)16/h1-3,8,10-11,19H,4-7,9H2,(H,21,22). The van der Waals surface area contributed by atoms with Gasteiger partial charge in [0, 0.05) is 30.5 Å². The minimum atomic E-state index is -0.0479. The maximum absolute atomic E-state index is 12.4. The van der Waals surface area contributed by atoms with Gasteiger partial charge in [0.05, 0.1) is 5.56 Å². The number of fused-ring (bicyclic) bond motifs is 1. The van der Waals surface area contributed by atoms with Gasteiger partial charge in [-0.2, -0.15) is 0 Å². The molecule has 5 heteroatoms. The number of nitrogens with one attached hydrogen (secondary N) is 2. The van der Waals surface area contributed by atoms with Gasteiger partial charge in [-0.1, -0.05) is 23.7 Å². The summed E-state index contributed by atoms with van der Waals surface area (Å²) in [5.41, 5.74) is 4.05. The zero-order valence-electron chi connectivity index (χ0n) is 12.2. The molecule has 0 fully saturated rings. The Morgan fingerprint density at radius 2 is 2.27 bits per heavy atom. The average molecular weight is 316 g/mol. The number of benzene rings is 1. The molecule has 114 valence electrons. The number of aromatic nitrogens is 1. The highest BCUT2D eigenvalue weighted by Crippen LogP contribution is 2.17. The Morgan fingerprint density at radius 3 is 3.14 bits per heavy atom. The molecule has 1 aliphatic heterocycles. The normalized spacial score (nSPS) is 13.5. The predicted molar refractivity (Wildman–Crippen MR) is 87.1 cm³/mol. The van der Waals surface area contributed by atoms with Crippen LogP contribution in [0.4, 0.5) is 0 Å². The molecule has 0 spiro atoms. The number of pyridine rings is 1. The zero-order valence-corrected chi connectivity index (χ0v) is 13.0. The number of amides is 1. The Bertz CT molecular complexity index is 687. The van der Waals surface area contributed by atoms with Crippen LogP contribution in [0.3, 0.4) is 0 Å². The van der Waals surface area contributed by atoms with Gasteiger partial charge in [0.1, 0.15) is 0 Å². The van der Waals surface area contributed by atoms with E-state index in [4.69, 9.17) is 11.6 Å². The second-order valence-electron chi connectivity index (χ2n) is 5.39. The fourth-order valence-corrected chi connectivity index (χ4v) is 2.93. The van der Waals surface area contributed by atoms with Gasteiger partial charge in [0.15, 0.2) is 0 Å². The number of carbonyl (C=O) groups is 1. The summed E-state index contributed by atoms with van der Waals surface area (Å²) in [5, 5.41) is 6.99. The first-order valence-corrected chi connectivity index (χ1v) is 7.81. The van der Waals surface area contributed by atoms with Crippen molar-refractivity contribution >= 4 is 17.5 Å². The Morgan fingerprint density at radius 1 is 1.36 bits per heavy atom. The summed E-state index contributed by atoms with van der Waals surface area (Å²) in [4.78, 5) is 16.6. The zero-order chi connectivity index (χ0) is 15.4. The van der Waals surface area contributed by atoms with E-state index < -0.39 is 0 Å². The molecule has 0 aliphatic carbocycles. The number of hydrogen-bond acceptors (Lipinski definition) is 3. The van der Waals surface area contributed by atoms with Crippen LogP contribution in [0, 0.1) is 0 Å². The van der Waals surface area contributed by atoms with Crippen molar-refractivity contribution in [3.63, 3.8) is 0 Å².